The van der Waals surface area contributed by atoms with Gasteiger partial charge in [0.1, 0.15) is 5.82 Å². The van der Waals surface area contributed by atoms with E-state index in [9.17, 15) is 12.8 Å². The van der Waals surface area contributed by atoms with Crippen LogP contribution in [0.1, 0.15) is 24.8 Å². The average Bonchev–Trinajstić information content (AvgIpc) is 2.45. The Kier molecular flexibility index (Phi) is 5.31. The van der Waals surface area contributed by atoms with Gasteiger partial charge in [-0.25, -0.2) is 17.8 Å². The largest absolute Gasteiger partial charge is 0.320 e. The van der Waals surface area contributed by atoms with Gasteiger partial charge in [-0.15, -0.1) is 4.83 Å². The van der Waals surface area contributed by atoms with Crippen molar-refractivity contribution in [3.8, 4) is 11.8 Å². The van der Waals surface area contributed by atoms with Crippen molar-refractivity contribution in [2.24, 2.45) is 5.73 Å². The zero-order valence-electron chi connectivity index (χ0n) is 11.6. The fourth-order valence-corrected chi connectivity index (χ4v) is 3.45. The molecule has 0 bridgehead atoms. The van der Waals surface area contributed by atoms with Gasteiger partial charge >= 0.3 is 0 Å². The molecule has 0 radical (unpaired) electrons. The first-order valence-corrected chi connectivity index (χ1v) is 8.27. The van der Waals surface area contributed by atoms with Crippen LogP contribution in [0.5, 0.6) is 0 Å². The molecule has 1 aromatic carbocycles. The second-order valence-corrected chi connectivity index (χ2v) is 6.42. The zero-order valence-corrected chi connectivity index (χ0v) is 12.4. The molecule has 0 saturated carbocycles. The van der Waals surface area contributed by atoms with Crippen LogP contribution < -0.4 is 10.6 Å². The van der Waals surface area contributed by atoms with E-state index in [-0.39, 0.29) is 17.0 Å². The lowest BCUT2D eigenvalue weighted by Gasteiger charge is -2.26. The molecule has 7 heteroatoms. The third-order valence-corrected chi connectivity index (χ3v) is 4.60. The molecule has 0 spiro atoms. The summed E-state index contributed by atoms with van der Waals surface area (Å²) in [6.07, 6.45) is 3.00. The highest BCUT2D eigenvalue weighted by Gasteiger charge is 2.22. The number of nitrogens with one attached hydrogen (secondary N) is 1. The van der Waals surface area contributed by atoms with E-state index in [4.69, 9.17) is 5.73 Å². The van der Waals surface area contributed by atoms with Crippen molar-refractivity contribution in [1.29, 1.82) is 0 Å². The molecule has 0 unspecified atom stereocenters. The first-order chi connectivity index (χ1) is 10.0. The summed E-state index contributed by atoms with van der Waals surface area (Å²) in [7, 11) is -3.77. The van der Waals surface area contributed by atoms with Crippen molar-refractivity contribution in [2.75, 3.05) is 19.6 Å². The maximum Gasteiger partial charge on any atom is 0.254 e. The third kappa shape index (κ3) is 4.25. The highest BCUT2D eigenvalue weighted by atomic mass is 32.2. The Morgan fingerprint density at radius 3 is 2.67 bits per heavy atom. The minimum absolute atomic E-state index is 0.0320. The normalized spacial score (nSPS) is 16.3. The van der Waals surface area contributed by atoms with E-state index in [2.05, 4.69) is 16.7 Å². The summed E-state index contributed by atoms with van der Waals surface area (Å²) in [5.41, 5.74) is 5.40. The fraction of sp³-hybridized carbons (Fsp3) is 0.429. The van der Waals surface area contributed by atoms with Crippen molar-refractivity contribution in [2.45, 2.75) is 24.2 Å². The van der Waals surface area contributed by atoms with Crippen LogP contribution in [0.3, 0.4) is 0 Å². The second-order valence-electron chi connectivity index (χ2n) is 4.79. The number of sulfonamides is 1. The minimum Gasteiger partial charge on any atom is -0.320 e. The molecule has 1 fully saturated rings. The molecular formula is C14H18FN3O2S. The van der Waals surface area contributed by atoms with E-state index in [1.165, 1.54) is 6.07 Å². The van der Waals surface area contributed by atoms with Gasteiger partial charge in [0.05, 0.1) is 11.4 Å². The van der Waals surface area contributed by atoms with Gasteiger partial charge in [-0.3, -0.25) is 0 Å². The lowest BCUT2D eigenvalue weighted by molar-refractivity contribution is 0.200. The molecule has 1 saturated heterocycles. The van der Waals surface area contributed by atoms with Crippen LogP contribution in [0.25, 0.3) is 0 Å². The first kappa shape index (κ1) is 15.9. The van der Waals surface area contributed by atoms with Crippen LogP contribution in [0.15, 0.2) is 23.1 Å². The lowest BCUT2D eigenvalue weighted by Crippen LogP contribution is -2.45. The highest BCUT2D eigenvalue weighted by molar-refractivity contribution is 7.89. The van der Waals surface area contributed by atoms with Gasteiger partial charge in [-0.05, 0) is 31.0 Å². The maximum atomic E-state index is 13.3. The number of piperidine rings is 1. The molecule has 1 aliphatic rings. The van der Waals surface area contributed by atoms with E-state index < -0.39 is 15.8 Å². The van der Waals surface area contributed by atoms with Gasteiger partial charge in [0.2, 0.25) is 0 Å². The van der Waals surface area contributed by atoms with Gasteiger partial charge in [0.15, 0.2) is 0 Å². The topological polar surface area (TPSA) is 75.4 Å². The molecule has 2 rings (SSSR count). The number of rotatable bonds is 3. The molecule has 114 valence electrons. The van der Waals surface area contributed by atoms with Crippen molar-refractivity contribution in [1.82, 2.24) is 9.84 Å². The summed E-state index contributed by atoms with van der Waals surface area (Å²) < 4.78 is 38.1. The number of nitrogens with zero attached hydrogens (tertiary/aromatic N) is 1. The van der Waals surface area contributed by atoms with Crippen LogP contribution in [0, 0.1) is 17.7 Å². The van der Waals surface area contributed by atoms with Crippen LogP contribution >= 0.6 is 0 Å². The molecule has 1 heterocycles. The monoisotopic (exact) mass is 311 g/mol. The van der Waals surface area contributed by atoms with E-state index in [0.717, 1.165) is 31.4 Å². The Morgan fingerprint density at radius 1 is 1.29 bits per heavy atom. The van der Waals surface area contributed by atoms with Crippen molar-refractivity contribution < 1.29 is 12.8 Å². The smallest absolute Gasteiger partial charge is 0.254 e. The number of hydrogen-bond donors (Lipinski definition) is 2. The van der Waals surface area contributed by atoms with Gasteiger partial charge < -0.3 is 5.73 Å². The maximum absolute atomic E-state index is 13.3. The SMILES string of the molecule is NCC#Cc1cc(F)ccc1S(=O)(=O)NN1CCCCC1. The number of halogens is 1. The van der Waals surface area contributed by atoms with Crippen LogP contribution in [-0.2, 0) is 10.0 Å². The summed E-state index contributed by atoms with van der Waals surface area (Å²) in [5, 5.41) is 1.67. The van der Waals surface area contributed by atoms with Crippen LogP contribution in [-0.4, -0.2) is 33.1 Å². The molecule has 21 heavy (non-hydrogen) atoms. The Bertz CT molecular complexity index is 659. The summed E-state index contributed by atoms with van der Waals surface area (Å²) in [4.78, 5) is 2.50. The third-order valence-electron chi connectivity index (χ3n) is 3.16. The molecular weight excluding hydrogens is 293 g/mol. The molecule has 3 N–H and O–H groups in total. The summed E-state index contributed by atoms with van der Waals surface area (Å²) >= 11 is 0. The first-order valence-electron chi connectivity index (χ1n) is 6.79. The summed E-state index contributed by atoms with van der Waals surface area (Å²) in [6.45, 7) is 1.42. The minimum atomic E-state index is -3.77. The second kappa shape index (κ2) is 7.00. The van der Waals surface area contributed by atoms with Crippen molar-refractivity contribution in [3.63, 3.8) is 0 Å². The predicted molar refractivity (Wildman–Crippen MR) is 78.1 cm³/mol. The van der Waals surface area contributed by atoms with Crippen LogP contribution in [0.4, 0.5) is 4.39 Å². The number of hydrazine groups is 1. The average molecular weight is 311 g/mol. The summed E-state index contributed by atoms with van der Waals surface area (Å²) in [6, 6.07) is 3.44. The molecule has 1 aromatic rings. The summed E-state index contributed by atoms with van der Waals surface area (Å²) in [5.74, 6) is 4.62. The fourth-order valence-electron chi connectivity index (χ4n) is 2.18. The molecule has 0 amide bonds. The number of nitrogens with two attached hydrogens (primary N) is 1. The molecule has 0 atom stereocenters. The standard InChI is InChI=1S/C14H18FN3O2S/c15-13-6-7-14(12(11-13)5-4-8-16)21(19,20)17-18-9-2-1-3-10-18/h6-7,11,17H,1-3,8-10,16H2. The number of benzene rings is 1. The molecule has 5 nitrogen and oxygen atoms in total. The Hall–Kier alpha value is -1.46. The number of hydrogen-bond acceptors (Lipinski definition) is 4. The predicted octanol–water partition coefficient (Wildman–Crippen LogP) is 0.815. The van der Waals surface area contributed by atoms with E-state index >= 15 is 0 Å². The van der Waals surface area contributed by atoms with Crippen molar-refractivity contribution >= 4 is 10.0 Å². The van der Waals surface area contributed by atoms with Gasteiger partial charge in [-0.1, -0.05) is 18.3 Å². The van der Waals surface area contributed by atoms with E-state index in [0.29, 0.717) is 13.1 Å². The van der Waals surface area contributed by atoms with Gasteiger partial charge in [0, 0.05) is 18.7 Å². The van der Waals surface area contributed by atoms with E-state index in [1.54, 1.807) is 5.01 Å². The quantitative estimate of drug-likeness (QED) is 0.810. The van der Waals surface area contributed by atoms with Gasteiger partial charge in [-0.2, -0.15) is 0 Å². The Morgan fingerprint density at radius 2 is 2.00 bits per heavy atom. The van der Waals surface area contributed by atoms with Crippen LogP contribution in [0.2, 0.25) is 0 Å². The zero-order chi connectivity index (χ0) is 15.3. The molecule has 0 aromatic heterocycles. The van der Waals surface area contributed by atoms with Crippen molar-refractivity contribution in [3.05, 3.63) is 29.6 Å². The highest BCUT2D eigenvalue weighted by Crippen LogP contribution is 2.17. The van der Waals surface area contributed by atoms with E-state index in [1.807, 2.05) is 0 Å². The molecule has 1 aliphatic heterocycles. The molecule has 0 aliphatic carbocycles. The Labute approximate surface area is 124 Å². The Balaban J connectivity index is 2.30. The van der Waals surface area contributed by atoms with Gasteiger partial charge in [0.25, 0.3) is 10.0 Å². The lowest BCUT2D eigenvalue weighted by atomic mass is 10.2.